The molecule has 0 aliphatic rings. The zero-order valence-electron chi connectivity index (χ0n) is 13.2. The monoisotopic (exact) mass is 378 g/mol. The number of rotatable bonds is 3. The molecule has 0 aliphatic carbocycles. The Kier molecular flexibility index (Phi) is 3.51. The second kappa shape index (κ2) is 6.01. The smallest absolute Gasteiger partial charge is 0.257 e. The number of para-hydroxylation sites is 1. The molecule has 3 heterocycles. The predicted octanol–water partition coefficient (Wildman–Crippen LogP) is 4.81. The summed E-state index contributed by atoms with van der Waals surface area (Å²) in [6.07, 6.45) is 0. The van der Waals surface area contributed by atoms with E-state index in [0.29, 0.717) is 27.7 Å². The van der Waals surface area contributed by atoms with Crippen LogP contribution in [0.4, 0.5) is 5.13 Å². The minimum absolute atomic E-state index is 0.231. The van der Waals surface area contributed by atoms with Crippen LogP contribution in [-0.4, -0.2) is 19.6 Å². The summed E-state index contributed by atoms with van der Waals surface area (Å²) in [4.78, 5) is 16.9. The number of anilines is 1. The summed E-state index contributed by atoms with van der Waals surface area (Å²) in [6, 6.07) is 15.0. The zero-order chi connectivity index (χ0) is 17.5. The molecule has 0 aliphatic heterocycles. The quantitative estimate of drug-likeness (QED) is 0.487. The van der Waals surface area contributed by atoms with Gasteiger partial charge in [-0.15, -0.1) is 11.3 Å². The van der Waals surface area contributed by atoms with E-state index in [2.05, 4.69) is 19.0 Å². The summed E-state index contributed by atoms with van der Waals surface area (Å²) in [7, 11) is 0. The molecule has 0 bridgehead atoms. The van der Waals surface area contributed by atoms with Gasteiger partial charge >= 0.3 is 0 Å². The van der Waals surface area contributed by atoms with Gasteiger partial charge in [0, 0.05) is 16.3 Å². The number of thiazole rings is 1. The summed E-state index contributed by atoms with van der Waals surface area (Å²) >= 11 is 2.48. The van der Waals surface area contributed by atoms with E-state index in [1.54, 1.807) is 18.2 Å². The van der Waals surface area contributed by atoms with E-state index in [9.17, 15) is 4.79 Å². The van der Waals surface area contributed by atoms with Crippen LogP contribution >= 0.6 is 23.1 Å². The van der Waals surface area contributed by atoms with Crippen molar-refractivity contribution in [3.63, 3.8) is 0 Å². The first-order valence-corrected chi connectivity index (χ1v) is 9.35. The molecular weight excluding hydrogens is 368 g/mol. The molecule has 126 valence electrons. The lowest BCUT2D eigenvalue weighted by Crippen LogP contribution is -2.11. The number of nitrogens with one attached hydrogen (secondary N) is 1. The van der Waals surface area contributed by atoms with Gasteiger partial charge in [-0.1, -0.05) is 18.2 Å². The first kappa shape index (κ1) is 15.2. The van der Waals surface area contributed by atoms with Crippen LogP contribution in [0.15, 0.2) is 58.3 Å². The average molecular weight is 378 g/mol. The Bertz CT molecular complexity index is 1220. The molecule has 5 rings (SSSR count). The molecule has 1 amide bonds. The summed E-state index contributed by atoms with van der Waals surface area (Å²) in [5, 5.41) is 6.22. The number of hydrogen-bond donors (Lipinski definition) is 1. The molecule has 0 unspecified atom stereocenters. The minimum atomic E-state index is -0.231. The summed E-state index contributed by atoms with van der Waals surface area (Å²) in [6.45, 7) is 0. The van der Waals surface area contributed by atoms with Gasteiger partial charge in [-0.2, -0.15) is 8.75 Å². The standard InChI is InChI=1S/C18H10N4O2S2/c23-17(11-5-6-12-13(7-11)22-26-21-12)20-18-19-14(9-25-18)16-8-10-3-1-2-4-15(10)24-16/h1-9H,(H,19,20,23). The highest BCUT2D eigenvalue weighted by Gasteiger charge is 2.13. The van der Waals surface area contributed by atoms with Crippen molar-refractivity contribution in [2.45, 2.75) is 0 Å². The van der Waals surface area contributed by atoms with Crippen molar-refractivity contribution in [3.8, 4) is 11.5 Å². The lowest BCUT2D eigenvalue weighted by atomic mass is 10.2. The molecule has 8 heteroatoms. The van der Waals surface area contributed by atoms with Crippen LogP contribution in [0.2, 0.25) is 0 Å². The third-order valence-electron chi connectivity index (χ3n) is 3.92. The van der Waals surface area contributed by atoms with Gasteiger partial charge in [-0.25, -0.2) is 4.98 Å². The molecule has 0 saturated carbocycles. The molecule has 0 spiro atoms. The van der Waals surface area contributed by atoms with Crippen molar-refractivity contribution in [2.24, 2.45) is 0 Å². The molecule has 26 heavy (non-hydrogen) atoms. The van der Waals surface area contributed by atoms with Crippen LogP contribution in [-0.2, 0) is 0 Å². The second-order valence-electron chi connectivity index (χ2n) is 5.61. The third-order valence-corrected chi connectivity index (χ3v) is 5.23. The van der Waals surface area contributed by atoms with Gasteiger partial charge in [-0.3, -0.25) is 10.1 Å². The molecule has 1 N–H and O–H groups in total. The number of amides is 1. The molecule has 0 atom stereocenters. The molecule has 2 aromatic carbocycles. The summed E-state index contributed by atoms with van der Waals surface area (Å²) in [5.41, 5.74) is 3.52. The molecular formula is C18H10N4O2S2. The van der Waals surface area contributed by atoms with Crippen molar-refractivity contribution in [3.05, 3.63) is 59.5 Å². The molecule has 3 aromatic heterocycles. The van der Waals surface area contributed by atoms with E-state index < -0.39 is 0 Å². The van der Waals surface area contributed by atoms with E-state index in [1.807, 2.05) is 35.7 Å². The van der Waals surface area contributed by atoms with Gasteiger partial charge in [0.1, 0.15) is 22.3 Å². The SMILES string of the molecule is O=C(Nc1nc(-c2cc3ccccc3o2)cs1)c1ccc2nsnc2c1. The fourth-order valence-corrected chi connectivity index (χ4v) is 3.86. The van der Waals surface area contributed by atoms with Crippen LogP contribution < -0.4 is 5.32 Å². The van der Waals surface area contributed by atoms with Crippen molar-refractivity contribution >= 4 is 56.1 Å². The molecule has 5 aromatic rings. The van der Waals surface area contributed by atoms with Crippen LogP contribution in [0.5, 0.6) is 0 Å². The van der Waals surface area contributed by atoms with Crippen LogP contribution in [0.3, 0.4) is 0 Å². The topological polar surface area (TPSA) is 80.9 Å². The minimum Gasteiger partial charge on any atom is -0.454 e. The highest BCUT2D eigenvalue weighted by molar-refractivity contribution is 7.14. The van der Waals surface area contributed by atoms with Crippen LogP contribution in [0, 0.1) is 0 Å². The first-order chi connectivity index (χ1) is 12.8. The lowest BCUT2D eigenvalue weighted by molar-refractivity contribution is 0.102. The summed E-state index contributed by atoms with van der Waals surface area (Å²) < 4.78 is 14.1. The number of fused-ring (bicyclic) bond motifs is 2. The van der Waals surface area contributed by atoms with Crippen molar-refractivity contribution in [1.29, 1.82) is 0 Å². The van der Waals surface area contributed by atoms with E-state index in [1.165, 1.54) is 11.3 Å². The Hall–Kier alpha value is -3.10. The lowest BCUT2D eigenvalue weighted by Gasteiger charge is -2.01. The highest BCUT2D eigenvalue weighted by atomic mass is 32.1. The molecule has 0 fully saturated rings. The number of carbonyl (C=O) groups excluding carboxylic acids is 1. The first-order valence-electron chi connectivity index (χ1n) is 7.74. The third kappa shape index (κ3) is 2.65. The van der Waals surface area contributed by atoms with Crippen molar-refractivity contribution in [1.82, 2.24) is 13.7 Å². The summed E-state index contributed by atoms with van der Waals surface area (Å²) in [5.74, 6) is 0.448. The van der Waals surface area contributed by atoms with Crippen molar-refractivity contribution in [2.75, 3.05) is 5.32 Å². The Morgan fingerprint density at radius 3 is 2.85 bits per heavy atom. The Morgan fingerprint density at radius 2 is 1.92 bits per heavy atom. The van der Waals surface area contributed by atoms with Crippen LogP contribution in [0.25, 0.3) is 33.5 Å². The fourth-order valence-electron chi connectivity index (χ4n) is 2.65. The van der Waals surface area contributed by atoms with E-state index >= 15 is 0 Å². The number of hydrogen-bond acceptors (Lipinski definition) is 7. The maximum Gasteiger partial charge on any atom is 0.257 e. The fraction of sp³-hybridized carbons (Fsp3) is 0. The van der Waals surface area contributed by atoms with E-state index in [4.69, 9.17) is 4.42 Å². The van der Waals surface area contributed by atoms with Gasteiger partial charge in [-0.05, 0) is 30.3 Å². The largest absolute Gasteiger partial charge is 0.454 e. The van der Waals surface area contributed by atoms with E-state index in [0.717, 1.165) is 28.2 Å². The molecule has 0 saturated heterocycles. The maximum absolute atomic E-state index is 12.5. The van der Waals surface area contributed by atoms with Gasteiger partial charge < -0.3 is 4.42 Å². The predicted molar refractivity (Wildman–Crippen MR) is 103 cm³/mol. The number of carbonyl (C=O) groups is 1. The molecule has 0 radical (unpaired) electrons. The Balaban J connectivity index is 1.40. The average Bonchev–Trinajstić information content (AvgIpc) is 3.39. The Morgan fingerprint density at radius 1 is 1.04 bits per heavy atom. The Labute approximate surface area is 155 Å². The number of nitrogens with zero attached hydrogens (tertiary/aromatic N) is 3. The zero-order valence-corrected chi connectivity index (χ0v) is 14.8. The second-order valence-corrected chi connectivity index (χ2v) is 6.99. The molecule has 6 nitrogen and oxygen atoms in total. The van der Waals surface area contributed by atoms with Gasteiger partial charge in [0.15, 0.2) is 10.9 Å². The van der Waals surface area contributed by atoms with Crippen molar-refractivity contribution < 1.29 is 9.21 Å². The number of furan rings is 1. The highest BCUT2D eigenvalue weighted by Crippen LogP contribution is 2.30. The van der Waals surface area contributed by atoms with Gasteiger partial charge in [0.2, 0.25) is 0 Å². The normalized spacial score (nSPS) is 11.2. The van der Waals surface area contributed by atoms with Crippen LogP contribution in [0.1, 0.15) is 10.4 Å². The number of aromatic nitrogens is 3. The number of benzene rings is 2. The van der Waals surface area contributed by atoms with E-state index in [-0.39, 0.29) is 5.91 Å². The van der Waals surface area contributed by atoms with Gasteiger partial charge in [0.25, 0.3) is 5.91 Å². The maximum atomic E-state index is 12.5. The van der Waals surface area contributed by atoms with Gasteiger partial charge in [0.05, 0.1) is 11.7 Å².